The van der Waals surface area contributed by atoms with E-state index in [1.54, 1.807) is 12.7 Å². The third kappa shape index (κ3) is 5.19. The molecule has 2 aromatic heterocycles. The van der Waals surface area contributed by atoms with Crippen molar-refractivity contribution in [1.82, 2.24) is 19.9 Å². The third-order valence-corrected chi connectivity index (χ3v) is 8.00. The fraction of sp³-hybridized carbons (Fsp3) is 0.704. The predicted molar refractivity (Wildman–Crippen MR) is 130 cm³/mol. The van der Waals surface area contributed by atoms with Gasteiger partial charge in [-0.1, -0.05) is 25.5 Å². The van der Waals surface area contributed by atoms with Gasteiger partial charge in [-0.15, -0.1) is 0 Å². The van der Waals surface area contributed by atoms with Crippen LogP contribution < -0.4 is 4.74 Å². The molecule has 2 aromatic rings. The number of H-pyrrole nitrogens is 1. The van der Waals surface area contributed by atoms with E-state index in [1.807, 2.05) is 12.1 Å². The maximum atomic E-state index is 5.26. The van der Waals surface area contributed by atoms with E-state index in [9.17, 15) is 0 Å². The highest BCUT2D eigenvalue weighted by atomic mass is 16.5. The second-order valence-corrected chi connectivity index (χ2v) is 11.1. The number of methoxy groups -OCH3 is 1. The zero-order valence-corrected chi connectivity index (χ0v) is 20.3. The van der Waals surface area contributed by atoms with Crippen LogP contribution in [-0.2, 0) is 6.42 Å². The molecule has 5 heteroatoms. The first-order valence-electron chi connectivity index (χ1n) is 12.8. The number of imidazole rings is 1. The number of nitrogens with one attached hydrogen (secondary N) is 1. The van der Waals surface area contributed by atoms with Crippen molar-refractivity contribution in [3.8, 4) is 5.88 Å². The highest BCUT2D eigenvalue weighted by Crippen LogP contribution is 2.41. The number of fused-ring (bicyclic) bond motifs is 1. The van der Waals surface area contributed by atoms with Crippen molar-refractivity contribution in [2.45, 2.75) is 59.3 Å². The van der Waals surface area contributed by atoms with Crippen molar-refractivity contribution in [2.24, 2.45) is 35.5 Å². The zero-order chi connectivity index (χ0) is 22.2. The maximum Gasteiger partial charge on any atom is 0.215 e. The number of ether oxygens (including phenoxy) is 1. The Morgan fingerprint density at radius 3 is 2.41 bits per heavy atom. The number of hydrogen-bond donors (Lipinski definition) is 1. The van der Waals surface area contributed by atoms with E-state index in [0.29, 0.717) is 23.6 Å². The lowest BCUT2D eigenvalue weighted by molar-refractivity contribution is 0.153. The van der Waals surface area contributed by atoms with Crippen molar-refractivity contribution < 1.29 is 4.74 Å². The lowest BCUT2D eigenvalue weighted by Crippen LogP contribution is -2.39. The van der Waals surface area contributed by atoms with Crippen LogP contribution in [0.5, 0.6) is 5.88 Å². The van der Waals surface area contributed by atoms with E-state index in [2.05, 4.69) is 41.7 Å². The minimum absolute atomic E-state index is 0.557. The molecule has 0 amide bonds. The van der Waals surface area contributed by atoms with Crippen molar-refractivity contribution >= 4 is 11.2 Å². The van der Waals surface area contributed by atoms with Crippen LogP contribution in [0.15, 0.2) is 23.8 Å². The molecule has 5 rings (SSSR count). The fourth-order valence-electron chi connectivity index (χ4n) is 5.71. The molecule has 3 unspecified atom stereocenters. The van der Waals surface area contributed by atoms with Gasteiger partial charge in [-0.2, -0.15) is 4.98 Å². The van der Waals surface area contributed by atoms with E-state index in [1.165, 1.54) is 51.7 Å². The van der Waals surface area contributed by atoms with Gasteiger partial charge in [0.25, 0.3) is 0 Å². The van der Waals surface area contributed by atoms with Crippen LogP contribution in [0.4, 0.5) is 0 Å². The van der Waals surface area contributed by atoms with Crippen LogP contribution in [0.3, 0.4) is 0 Å². The predicted octanol–water partition coefficient (Wildman–Crippen LogP) is 5.49. The van der Waals surface area contributed by atoms with Gasteiger partial charge in [-0.25, -0.2) is 4.98 Å². The second-order valence-electron chi connectivity index (χ2n) is 11.1. The quantitative estimate of drug-likeness (QED) is 0.501. The molecule has 0 aromatic carbocycles. The molecule has 5 nitrogen and oxygen atoms in total. The van der Waals surface area contributed by atoms with Gasteiger partial charge >= 0.3 is 0 Å². The third-order valence-electron chi connectivity index (χ3n) is 8.00. The fourth-order valence-corrected chi connectivity index (χ4v) is 5.71. The summed E-state index contributed by atoms with van der Waals surface area (Å²) in [6.07, 6.45) is 10.7. The summed E-state index contributed by atoms with van der Waals surface area (Å²) in [5.41, 5.74) is 3.30. The topological polar surface area (TPSA) is 54.0 Å². The minimum Gasteiger partial charge on any atom is -0.481 e. The maximum absolute atomic E-state index is 5.26. The average molecular weight is 437 g/mol. The Labute approximate surface area is 193 Å². The molecule has 32 heavy (non-hydrogen) atoms. The van der Waals surface area contributed by atoms with E-state index in [-0.39, 0.29) is 0 Å². The number of pyridine rings is 1. The summed E-state index contributed by atoms with van der Waals surface area (Å²) in [6.45, 7) is 11.1. The largest absolute Gasteiger partial charge is 0.481 e. The summed E-state index contributed by atoms with van der Waals surface area (Å²) in [6, 6.07) is 3.91. The van der Waals surface area contributed by atoms with Crippen LogP contribution >= 0.6 is 0 Å². The monoisotopic (exact) mass is 436 g/mol. The smallest absolute Gasteiger partial charge is 0.215 e. The molecule has 0 saturated heterocycles. The molecule has 0 radical (unpaired) electrons. The van der Waals surface area contributed by atoms with Crippen molar-refractivity contribution in [3.05, 3.63) is 29.6 Å². The first kappa shape index (κ1) is 21.9. The van der Waals surface area contributed by atoms with Crippen LogP contribution in [-0.4, -0.2) is 46.6 Å². The SMILES string of the molecule is COc1ccc2[nH]c(CC3CC(C(C)C)C(CN(CC4CC4)CC4CC4)C=C3C)nc2n1. The lowest BCUT2D eigenvalue weighted by atomic mass is 9.69. The number of hydrogen-bond acceptors (Lipinski definition) is 4. The zero-order valence-electron chi connectivity index (χ0n) is 20.3. The van der Waals surface area contributed by atoms with Gasteiger partial charge in [0.1, 0.15) is 5.82 Å². The summed E-state index contributed by atoms with van der Waals surface area (Å²) in [5, 5.41) is 0. The molecule has 3 aliphatic carbocycles. The van der Waals surface area contributed by atoms with Crippen molar-refractivity contribution in [3.63, 3.8) is 0 Å². The Hall–Kier alpha value is -1.88. The summed E-state index contributed by atoms with van der Waals surface area (Å²) in [5.74, 6) is 6.31. The van der Waals surface area contributed by atoms with Crippen LogP contribution in [0.2, 0.25) is 0 Å². The van der Waals surface area contributed by atoms with Gasteiger partial charge in [0, 0.05) is 32.1 Å². The Bertz CT molecular complexity index is 942. The number of rotatable bonds is 10. The van der Waals surface area contributed by atoms with Gasteiger partial charge < -0.3 is 14.6 Å². The lowest BCUT2D eigenvalue weighted by Gasteiger charge is -2.39. The highest BCUT2D eigenvalue weighted by molar-refractivity contribution is 5.71. The van der Waals surface area contributed by atoms with Crippen LogP contribution in [0, 0.1) is 35.5 Å². The highest BCUT2D eigenvalue weighted by Gasteiger charge is 2.35. The number of allylic oxidation sites excluding steroid dienone is 1. The van der Waals surface area contributed by atoms with E-state index in [4.69, 9.17) is 9.72 Å². The Balaban J connectivity index is 1.30. The number of nitrogens with zero attached hydrogens (tertiary/aromatic N) is 3. The van der Waals surface area contributed by atoms with E-state index < -0.39 is 0 Å². The number of aromatic nitrogens is 3. The van der Waals surface area contributed by atoms with Gasteiger partial charge in [-0.05, 0) is 80.6 Å². The molecule has 3 atom stereocenters. The normalized spacial score (nSPS) is 26.2. The van der Waals surface area contributed by atoms with Gasteiger partial charge in [0.15, 0.2) is 5.65 Å². The van der Waals surface area contributed by atoms with Gasteiger partial charge in [0.05, 0.1) is 12.6 Å². The van der Waals surface area contributed by atoms with Gasteiger partial charge in [0.2, 0.25) is 5.88 Å². The van der Waals surface area contributed by atoms with Crippen LogP contribution in [0.1, 0.15) is 58.7 Å². The molecular formula is C27H40N4O. The van der Waals surface area contributed by atoms with Crippen molar-refractivity contribution in [1.29, 1.82) is 0 Å². The summed E-state index contributed by atoms with van der Waals surface area (Å²) >= 11 is 0. The first-order valence-corrected chi connectivity index (χ1v) is 12.8. The molecule has 0 bridgehead atoms. The Kier molecular flexibility index (Phi) is 6.28. The van der Waals surface area contributed by atoms with E-state index in [0.717, 1.165) is 41.2 Å². The molecule has 0 aliphatic heterocycles. The molecule has 174 valence electrons. The number of aromatic amines is 1. The Morgan fingerprint density at radius 2 is 1.78 bits per heavy atom. The molecule has 2 saturated carbocycles. The summed E-state index contributed by atoms with van der Waals surface area (Å²) in [4.78, 5) is 15.6. The molecule has 1 N–H and O–H groups in total. The van der Waals surface area contributed by atoms with Crippen LogP contribution in [0.25, 0.3) is 11.2 Å². The molecule has 2 fully saturated rings. The summed E-state index contributed by atoms with van der Waals surface area (Å²) < 4.78 is 5.26. The first-order chi connectivity index (χ1) is 15.5. The molecule has 3 aliphatic rings. The standard InChI is InChI=1S/C27H40N4O/c1-17(2)23-12-21(13-25-28-24-9-10-26(32-4)30-27(24)29-25)18(3)11-22(23)16-31(14-19-5-6-19)15-20-7-8-20/h9-11,17,19-23H,5-8,12-16H2,1-4H3,(H,28,29,30). The molecule has 0 spiro atoms. The van der Waals surface area contributed by atoms with Crippen molar-refractivity contribution in [2.75, 3.05) is 26.7 Å². The second kappa shape index (κ2) is 9.17. The molecular weight excluding hydrogens is 396 g/mol. The van der Waals surface area contributed by atoms with Gasteiger partial charge in [-0.3, -0.25) is 0 Å². The minimum atomic E-state index is 0.557. The Morgan fingerprint density at radius 1 is 1.06 bits per heavy atom. The summed E-state index contributed by atoms with van der Waals surface area (Å²) in [7, 11) is 1.65. The van der Waals surface area contributed by atoms with E-state index >= 15 is 0 Å². The molecule has 2 heterocycles. The average Bonchev–Trinajstić information content (AvgIpc) is 3.69.